The van der Waals surface area contributed by atoms with Gasteiger partial charge in [0.05, 0.1) is 16.7 Å². The first-order chi connectivity index (χ1) is 14.4. The highest BCUT2D eigenvalue weighted by atomic mass is 35.5. The summed E-state index contributed by atoms with van der Waals surface area (Å²) in [4.78, 5) is 22.1. The Morgan fingerprint density at radius 1 is 1.20 bits per heavy atom. The molecule has 0 aliphatic carbocycles. The van der Waals surface area contributed by atoms with Crippen molar-refractivity contribution < 1.29 is 18.8 Å². The second kappa shape index (κ2) is 9.73. The highest BCUT2D eigenvalue weighted by Gasteiger charge is 2.42. The van der Waals surface area contributed by atoms with Crippen molar-refractivity contribution in [2.24, 2.45) is 10.9 Å². The van der Waals surface area contributed by atoms with Crippen molar-refractivity contribution in [1.29, 1.82) is 0 Å². The van der Waals surface area contributed by atoms with Crippen LogP contribution in [0.15, 0.2) is 33.4 Å². The van der Waals surface area contributed by atoms with Gasteiger partial charge in [-0.25, -0.2) is 0 Å². The summed E-state index contributed by atoms with van der Waals surface area (Å²) in [5.74, 6) is -0.674. The first-order valence-electron chi connectivity index (χ1n) is 9.56. The van der Waals surface area contributed by atoms with Gasteiger partial charge in [-0.2, -0.15) is 4.98 Å². The topological polar surface area (TPSA) is 86.8 Å². The number of esters is 1. The lowest BCUT2D eigenvalue weighted by Crippen LogP contribution is -2.34. The molecule has 0 saturated carbocycles. The summed E-state index contributed by atoms with van der Waals surface area (Å²) in [6, 6.07) is 5.27. The molecule has 30 heavy (non-hydrogen) atoms. The number of hydrogen-bond acceptors (Lipinski definition) is 7. The van der Waals surface area contributed by atoms with Crippen LogP contribution in [0.1, 0.15) is 44.0 Å². The van der Waals surface area contributed by atoms with Gasteiger partial charge < -0.3 is 14.0 Å². The van der Waals surface area contributed by atoms with Crippen molar-refractivity contribution in [2.45, 2.75) is 33.1 Å². The Kier molecular flexibility index (Phi) is 7.28. The monoisotopic (exact) mass is 451 g/mol. The van der Waals surface area contributed by atoms with E-state index in [1.807, 2.05) is 19.9 Å². The van der Waals surface area contributed by atoms with Crippen LogP contribution < -0.4 is 0 Å². The summed E-state index contributed by atoms with van der Waals surface area (Å²) < 4.78 is 16.0. The molecule has 0 bridgehead atoms. The lowest BCUT2D eigenvalue weighted by atomic mass is 9.75. The lowest BCUT2D eigenvalue weighted by Gasteiger charge is -2.31. The minimum atomic E-state index is -0.685. The third kappa shape index (κ3) is 4.58. The van der Waals surface area contributed by atoms with Crippen molar-refractivity contribution in [3.05, 3.63) is 51.2 Å². The second-order valence-corrected chi connectivity index (χ2v) is 7.73. The van der Waals surface area contributed by atoms with Crippen LogP contribution in [-0.2, 0) is 20.7 Å². The maximum atomic E-state index is 13.1. The largest absolute Gasteiger partial charge is 0.463 e. The number of aliphatic imine (C=N–C) groups is 1. The maximum Gasteiger partial charge on any atom is 0.315 e. The number of nitrogens with zero attached hydrogens (tertiary/aromatic N) is 3. The van der Waals surface area contributed by atoms with Crippen molar-refractivity contribution in [3.8, 4) is 0 Å². The standard InChI is InChI=1S/C21H23Cl2N3O4/c1-5-16-25-20(30-26-16)17-11(2)24-12(3)18(21(27)29-9-8-28-4)19(17)13-6-7-14(22)15(23)10-13/h6-7,10,18-19H,5,8-9H2,1-4H3. The molecule has 2 atom stereocenters. The normalized spacial score (nSPS) is 19.1. The van der Waals surface area contributed by atoms with Gasteiger partial charge in [0.2, 0.25) is 0 Å². The minimum Gasteiger partial charge on any atom is -0.463 e. The van der Waals surface area contributed by atoms with E-state index in [1.54, 1.807) is 26.2 Å². The molecule has 2 heterocycles. The van der Waals surface area contributed by atoms with Gasteiger partial charge in [-0.05, 0) is 31.5 Å². The Morgan fingerprint density at radius 3 is 2.60 bits per heavy atom. The molecule has 2 unspecified atom stereocenters. The molecule has 7 nitrogen and oxygen atoms in total. The predicted octanol–water partition coefficient (Wildman–Crippen LogP) is 4.73. The Labute approximate surface area is 185 Å². The van der Waals surface area contributed by atoms with Crippen molar-refractivity contribution in [3.63, 3.8) is 0 Å². The summed E-state index contributed by atoms with van der Waals surface area (Å²) in [5, 5.41) is 4.82. The van der Waals surface area contributed by atoms with E-state index in [-0.39, 0.29) is 6.61 Å². The minimum absolute atomic E-state index is 0.145. The molecule has 0 spiro atoms. The van der Waals surface area contributed by atoms with Gasteiger partial charge in [-0.15, -0.1) is 0 Å². The first kappa shape index (κ1) is 22.5. The van der Waals surface area contributed by atoms with Crippen LogP contribution in [0.5, 0.6) is 0 Å². The molecule has 1 aromatic heterocycles. The van der Waals surface area contributed by atoms with Gasteiger partial charge in [-0.1, -0.05) is 41.3 Å². The van der Waals surface area contributed by atoms with Crippen LogP contribution in [0.3, 0.4) is 0 Å². The fourth-order valence-electron chi connectivity index (χ4n) is 3.51. The molecule has 9 heteroatoms. The molecule has 0 amide bonds. The van der Waals surface area contributed by atoms with Gasteiger partial charge in [0.15, 0.2) is 5.82 Å². The molecular weight excluding hydrogens is 429 g/mol. The first-order valence-corrected chi connectivity index (χ1v) is 10.3. The van der Waals surface area contributed by atoms with Crippen LogP contribution in [-0.4, -0.2) is 42.1 Å². The van der Waals surface area contributed by atoms with E-state index in [2.05, 4.69) is 15.1 Å². The molecule has 3 rings (SSSR count). The van der Waals surface area contributed by atoms with E-state index in [4.69, 9.17) is 37.2 Å². The quantitative estimate of drug-likeness (QED) is 0.446. The third-order valence-electron chi connectivity index (χ3n) is 4.93. The second-order valence-electron chi connectivity index (χ2n) is 6.91. The zero-order chi connectivity index (χ0) is 21.8. The molecule has 2 aromatic rings. The number of carbonyl (C=O) groups is 1. The fraction of sp³-hybridized carbons (Fsp3) is 0.429. The molecule has 0 saturated heterocycles. The van der Waals surface area contributed by atoms with E-state index in [1.165, 1.54) is 0 Å². The number of rotatable bonds is 7. The number of aryl methyl sites for hydroxylation is 1. The lowest BCUT2D eigenvalue weighted by molar-refractivity contribution is -0.147. The van der Waals surface area contributed by atoms with E-state index in [0.717, 1.165) is 5.56 Å². The number of hydrogen-bond donors (Lipinski definition) is 0. The summed E-state index contributed by atoms with van der Waals surface area (Å²) >= 11 is 12.4. The summed E-state index contributed by atoms with van der Waals surface area (Å²) in [6.45, 7) is 6.04. The Hall–Kier alpha value is -2.22. The number of carbonyl (C=O) groups excluding carboxylic acids is 1. The Balaban J connectivity index is 2.13. The zero-order valence-electron chi connectivity index (χ0n) is 17.2. The Morgan fingerprint density at radius 2 is 1.97 bits per heavy atom. The molecule has 1 aliphatic heterocycles. The van der Waals surface area contributed by atoms with Crippen molar-refractivity contribution in [1.82, 2.24) is 10.1 Å². The van der Waals surface area contributed by atoms with Crippen molar-refractivity contribution >= 4 is 40.5 Å². The molecule has 160 valence electrons. The van der Waals surface area contributed by atoms with Crippen LogP contribution in [0.2, 0.25) is 10.0 Å². The maximum absolute atomic E-state index is 13.1. The van der Waals surface area contributed by atoms with Crippen LogP contribution in [0, 0.1) is 5.92 Å². The number of methoxy groups -OCH3 is 1. The number of allylic oxidation sites excluding steroid dienone is 2. The van der Waals surface area contributed by atoms with Crippen LogP contribution in [0.25, 0.3) is 5.57 Å². The van der Waals surface area contributed by atoms with Crippen LogP contribution in [0.4, 0.5) is 0 Å². The highest BCUT2D eigenvalue weighted by Crippen LogP contribution is 2.45. The highest BCUT2D eigenvalue weighted by molar-refractivity contribution is 6.42. The molecule has 1 aliphatic rings. The summed E-state index contributed by atoms with van der Waals surface area (Å²) in [7, 11) is 1.55. The van der Waals surface area contributed by atoms with E-state index >= 15 is 0 Å². The molecule has 0 radical (unpaired) electrons. The number of aromatic nitrogens is 2. The average Bonchev–Trinajstić information content (AvgIpc) is 3.18. The average molecular weight is 452 g/mol. The van der Waals surface area contributed by atoms with Crippen LogP contribution >= 0.6 is 23.2 Å². The number of benzene rings is 1. The van der Waals surface area contributed by atoms with E-state index < -0.39 is 17.8 Å². The van der Waals surface area contributed by atoms with Gasteiger partial charge in [0, 0.05) is 36.4 Å². The van der Waals surface area contributed by atoms with E-state index in [9.17, 15) is 4.79 Å². The summed E-state index contributed by atoms with van der Waals surface area (Å²) in [5.41, 5.74) is 2.76. The Bertz CT molecular complexity index is 1000. The molecule has 0 N–H and O–H groups in total. The van der Waals surface area contributed by atoms with Gasteiger partial charge >= 0.3 is 5.97 Å². The summed E-state index contributed by atoms with van der Waals surface area (Å²) in [6.07, 6.45) is 0.623. The van der Waals surface area contributed by atoms with E-state index in [0.29, 0.717) is 51.8 Å². The molecule has 1 aromatic carbocycles. The van der Waals surface area contributed by atoms with Gasteiger partial charge in [0.25, 0.3) is 5.89 Å². The third-order valence-corrected chi connectivity index (χ3v) is 5.67. The zero-order valence-corrected chi connectivity index (χ0v) is 18.8. The smallest absolute Gasteiger partial charge is 0.315 e. The van der Waals surface area contributed by atoms with Gasteiger partial charge in [0.1, 0.15) is 12.5 Å². The molecule has 0 fully saturated rings. The van der Waals surface area contributed by atoms with Crippen molar-refractivity contribution in [2.75, 3.05) is 20.3 Å². The fourth-order valence-corrected chi connectivity index (χ4v) is 3.82. The molecular formula is C21H23Cl2N3O4. The number of ether oxygens (including phenoxy) is 2. The SMILES string of the molecule is CCc1noc(C2=C(C)N=C(C)C(C(=O)OCCOC)C2c2ccc(Cl)c(Cl)c2)n1. The van der Waals surface area contributed by atoms with Gasteiger partial charge in [-0.3, -0.25) is 9.79 Å². The number of halogens is 2. The predicted molar refractivity (Wildman–Crippen MR) is 115 cm³/mol.